The highest BCUT2D eigenvalue weighted by Gasteiger charge is 2.32. The maximum Gasteiger partial charge on any atom is 0.311 e. The largest absolute Gasteiger partial charge is 0.465 e. The Kier molecular flexibility index (Phi) is 5.75. The van der Waals surface area contributed by atoms with Gasteiger partial charge in [-0.05, 0) is 46.5 Å². The predicted octanol–water partition coefficient (Wildman–Crippen LogP) is 1.96. The molecule has 18 heavy (non-hydrogen) atoms. The number of nitrogens with zero attached hydrogens (tertiary/aromatic N) is 1. The van der Waals surface area contributed by atoms with Gasteiger partial charge in [0.25, 0.3) is 0 Å². The van der Waals surface area contributed by atoms with Gasteiger partial charge in [0.15, 0.2) is 0 Å². The molecule has 6 heteroatoms. The van der Waals surface area contributed by atoms with Crippen LogP contribution in [0, 0.1) is 5.41 Å². The van der Waals surface area contributed by atoms with E-state index < -0.39 is 16.7 Å². The van der Waals surface area contributed by atoms with Gasteiger partial charge in [-0.3, -0.25) is 9.35 Å². The second-order valence-corrected chi connectivity index (χ2v) is 6.63. The van der Waals surface area contributed by atoms with Crippen LogP contribution in [0.25, 0.3) is 0 Å². The first-order chi connectivity index (χ1) is 8.32. The molecule has 1 N–H and O–H groups in total. The average Bonchev–Trinajstić information content (AvgIpc) is 3.04. The fourth-order valence-corrected chi connectivity index (χ4v) is 2.25. The summed E-state index contributed by atoms with van der Waals surface area (Å²) >= 11 is -1.87. The highest BCUT2D eigenvalue weighted by molar-refractivity contribution is 7.76. The van der Waals surface area contributed by atoms with Gasteiger partial charge in [0.1, 0.15) is 0 Å². The van der Waals surface area contributed by atoms with Crippen LogP contribution in [0.1, 0.15) is 46.5 Å². The van der Waals surface area contributed by atoms with E-state index >= 15 is 0 Å². The van der Waals surface area contributed by atoms with Crippen molar-refractivity contribution in [2.24, 2.45) is 5.41 Å². The van der Waals surface area contributed by atoms with E-state index in [0.29, 0.717) is 13.2 Å². The number of carbonyl (C=O) groups is 1. The van der Waals surface area contributed by atoms with Crippen LogP contribution in [0.4, 0.5) is 0 Å². The van der Waals surface area contributed by atoms with Crippen molar-refractivity contribution >= 4 is 17.2 Å². The van der Waals surface area contributed by atoms with Gasteiger partial charge in [0, 0.05) is 12.6 Å². The Hall–Kier alpha value is -0.460. The molecule has 1 aliphatic carbocycles. The molecule has 0 heterocycles. The van der Waals surface area contributed by atoms with Crippen molar-refractivity contribution in [1.82, 2.24) is 4.31 Å². The number of hydrogen-bond donors (Lipinski definition) is 1. The summed E-state index contributed by atoms with van der Waals surface area (Å²) in [7, 11) is 0. The van der Waals surface area contributed by atoms with Crippen molar-refractivity contribution in [1.29, 1.82) is 0 Å². The number of unbranched alkanes of at least 4 members (excludes halogenated alkanes) is 1. The molecule has 0 amide bonds. The maximum atomic E-state index is 11.5. The van der Waals surface area contributed by atoms with Crippen molar-refractivity contribution in [3.05, 3.63) is 0 Å². The van der Waals surface area contributed by atoms with E-state index in [4.69, 9.17) is 9.29 Å². The zero-order valence-corrected chi connectivity index (χ0v) is 12.2. The standard InChI is InChI=1S/C12H23NO4S/c1-12(2,3)11(14)17-9-5-4-8-13(18(15)16)10-6-7-10/h10H,4-9H2,1-3H3,(H,15,16). The fourth-order valence-electron chi connectivity index (χ4n) is 1.50. The molecule has 1 unspecified atom stereocenters. The van der Waals surface area contributed by atoms with Gasteiger partial charge in [0.2, 0.25) is 11.3 Å². The molecular formula is C12H23NO4S. The third-order valence-corrected chi connectivity index (χ3v) is 3.66. The van der Waals surface area contributed by atoms with Crippen LogP contribution >= 0.6 is 0 Å². The first-order valence-corrected chi connectivity index (χ1v) is 7.43. The van der Waals surface area contributed by atoms with Gasteiger partial charge in [-0.2, -0.15) is 4.31 Å². The smallest absolute Gasteiger partial charge is 0.311 e. The van der Waals surface area contributed by atoms with Gasteiger partial charge >= 0.3 is 5.97 Å². The minimum atomic E-state index is -1.87. The topological polar surface area (TPSA) is 66.8 Å². The molecule has 1 atom stereocenters. The van der Waals surface area contributed by atoms with E-state index in [9.17, 15) is 9.00 Å². The van der Waals surface area contributed by atoms with E-state index in [0.717, 1.165) is 25.7 Å². The monoisotopic (exact) mass is 277 g/mol. The summed E-state index contributed by atoms with van der Waals surface area (Å²) in [5.41, 5.74) is -0.466. The number of carbonyl (C=O) groups excluding carboxylic acids is 1. The Labute approximate surface area is 111 Å². The Morgan fingerprint density at radius 2 is 2.00 bits per heavy atom. The van der Waals surface area contributed by atoms with Crippen molar-refractivity contribution < 1.29 is 18.3 Å². The number of ether oxygens (including phenoxy) is 1. The Bertz CT molecular complexity index is 310. The molecular weight excluding hydrogens is 254 g/mol. The summed E-state index contributed by atoms with van der Waals surface area (Å²) in [5, 5.41) is 0. The van der Waals surface area contributed by atoms with Crippen LogP contribution in [0.2, 0.25) is 0 Å². The molecule has 0 aromatic heterocycles. The summed E-state index contributed by atoms with van der Waals surface area (Å²) in [6.07, 6.45) is 3.50. The van der Waals surface area contributed by atoms with Crippen LogP contribution in [0.15, 0.2) is 0 Å². The summed E-state index contributed by atoms with van der Waals surface area (Å²) in [4.78, 5) is 11.5. The van der Waals surface area contributed by atoms with Crippen molar-refractivity contribution in [3.8, 4) is 0 Å². The Morgan fingerprint density at radius 3 is 2.44 bits per heavy atom. The highest BCUT2D eigenvalue weighted by Crippen LogP contribution is 2.27. The number of rotatable bonds is 7. The lowest BCUT2D eigenvalue weighted by molar-refractivity contribution is -0.153. The van der Waals surface area contributed by atoms with Gasteiger partial charge in [-0.25, -0.2) is 4.21 Å². The highest BCUT2D eigenvalue weighted by atomic mass is 32.2. The molecule has 0 saturated heterocycles. The summed E-state index contributed by atoms with van der Waals surface area (Å²) in [6, 6.07) is 0.271. The number of esters is 1. The number of hydrogen-bond acceptors (Lipinski definition) is 3. The molecule has 0 spiro atoms. The maximum absolute atomic E-state index is 11.5. The van der Waals surface area contributed by atoms with Crippen LogP contribution in [-0.2, 0) is 20.8 Å². The summed E-state index contributed by atoms with van der Waals surface area (Å²) in [5.74, 6) is -0.202. The van der Waals surface area contributed by atoms with Gasteiger partial charge in [0.05, 0.1) is 12.0 Å². The lowest BCUT2D eigenvalue weighted by Gasteiger charge is -2.18. The average molecular weight is 277 g/mol. The zero-order chi connectivity index (χ0) is 13.8. The van der Waals surface area contributed by atoms with Crippen LogP contribution in [-0.4, -0.2) is 38.2 Å². The summed E-state index contributed by atoms with van der Waals surface area (Å²) < 4.78 is 26.9. The van der Waals surface area contributed by atoms with Crippen LogP contribution in [0.5, 0.6) is 0 Å². The first kappa shape index (κ1) is 15.6. The van der Waals surface area contributed by atoms with Gasteiger partial charge in [-0.1, -0.05) is 0 Å². The summed E-state index contributed by atoms with van der Waals surface area (Å²) in [6.45, 7) is 6.42. The molecule has 0 aliphatic heterocycles. The van der Waals surface area contributed by atoms with E-state index in [1.165, 1.54) is 0 Å². The van der Waals surface area contributed by atoms with Crippen LogP contribution in [0.3, 0.4) is 0 Å². The fraction of sp³-hybridized carbons (Fsp3) is 0.917. The molecule has 106 valence electrons. The second-order valence-electron chi connectivity index (χ2n) is 5.70. The first-order valence-electron chi connectivity index (χ1n) is 6.37. The Balaban J connectivity index is 2.11. The molecule has 0 aromatic carbocycles. The molecule has 1 fully saturated rings. The Morgan fingerprint density at radius 1 is 1.39 bits per heavy atom. The minimum absolute atomic E-state index is 0.202. The van der Waals surface area contributed by atoms with Crippen LogP contribution < -0.4 is 0 Å². The molecule has 1 saturated carbocycles. The van der Waals surface area contributed by atoms with Gasteiger partial charge < -0.3 is 4.74 Å². The van der Waals surface area contributed by atoms with E-state index in [2.05, 4.69) is 0 Å². The van der Waals surface area contributed by atoms with Crippen molar-refractivity contribution in [2.45, 2.75) is 52.5 Å². The van der Waals surface area contributed by atoms with E-state index in [-0.39, 0.29) is 12.0 Å². The third kappa shape index (κ3) is 5.46. The van der Waals surface area contributed by atoms with Crippen molar-refractivity contribution in [2.75, 3.05) is 13.2 Å². The third-order valence-electron chi connectivity index (χ3n) is 2.77. The lowest BCUT2D eigenvalue weighted by Crippen LogP contribution is -2.29. The molecule has 0 radical (unpaired) electrons. The van der Waals surface area contributed by atoms with E-state index in [1.807, 2.05) is 20.8 Å². The lowest BCUT2D eigenvalue weighted by atomic mass is 9.97. The van der Waals surface area contributed by atoms with E-state index in [1.54, 1.807) is 4.31 Å². The zero-order valence-electron chi connectivity index (χ0n) is 11.3. The SMILES string of the molecule is CC(C)(C)C(=O)OCCCCN(C1CC1)S(=O)O. The second kappa shape index (κ2) is 6.63. The molecule has 1 rings (SSSR count). The van der Waals surface area contributed by atoms with Crippen molar-refractivity contribution in [3.63, 3.8) is 0 Å². The molecule has 0 aromatic rings. The quantitative estimate of drug-likeness (QED) is 0.439. The molecule has 5 nitrogen and oxygen atoms in total. The minimum Gasteiger partial charge on any atom is -0.465 e. The normalized spacial score (nSPS) is 17.8. The molecule has 1 aliphatic rings. The predicted molar refractivity (Wildman–Crippen MR) is 70.1 cm³/mol. The molecule has 0 bridgehead atoms. The van der Waals surface area contributed by atoms with Gasteiger partial charge in [-0.15, -0.1) is 0 Å².